The van der Waals surface area contributed by atoms with Crippen LogP contribution in [0.15, 0.2) is 60.2 Å². The molecule has 2 aromatic carbocycles. The van der Waals surface area contributed by atoms with E-state index in [1.54, 1.807) is 0 Å². The molecule has 0 fully saturated rings. The van der Waals surface area contributed by atoms with Crippen LogP contribution in [0.1, 0.15) is 43.7 Å². The smallest absolute Gasteiger partial charge is 1.00 e. The van der Waals surface area contributed by atoms with E-state index in [1.807, 2.05) is 6.07 Å². The first-order chi connectivity index (χ1) is 10.9. The van der Waals surface area contributed by atoms with Crippen molar-refractivity contribution in [3.05, 3.63) is 83.5 Å². The van der Waals surface area contributed by atoms with Crippen molar-refractivity contribution >= 4 is 0 Å². The summed E-state index contributed by atoms with van der Waals surface area (Å²) in [6.07, 6.45) is 13.6. The summed E-state index contributed by atoms with van der Waals surface area (Å²) in [5.74, 6) is 0. The first-order valence-electron chi connectivity index (χ1n) is 8.22. The molecule has 0 N–H and O–H groups in total. The number of rotatable bonds is 3. The molecule has 0 unspecified atom stereocenters. The molecule has 0 spiro atoms. The van der Waals surface area contributed by atoms with Gasteiger partial charge in [-0.25, -0.2) is 11.6 Å². The van der Waals surface area contributed by atoms with E-state index in [2.05, 4.69) is 67.6 Å². The van der Waals surface area contributed by atoms with Crippen LogP contribution >= 0.6 is 0 Å². The van der Waals surface area contributed by atoms with E-state index in [1.165, 1.54) is 47.1 Å². The molecule has 0 aliphatic heterocycles. The summed E-state index contributed by atoms with van der Waals surface area (Å²) in [5.41, 5.74) is 6.92. The van der Waals surface area contributed by atoms with E-state index in [0.717, 1.165) is 12.8 Å². The molecule has 3 heteroatoms. The van der Waals surface area contributed by atoms with Crippen molar-refractivity contribution in [3.8, 4) is 11.1 Å². The second-order valence-electron chi connectivity index (χ2n) is 5.81. The third-order valence-electron chi connectivity index (χ3n) is 4.18. The van der Waals surface area contributed by atoms with Crippen LogP contribution in [0.25, 0.3) is 11.1 Å². The minimum atomic E-state index is 0. The number of unbranched alkanes of at least 4 members (excludes halogenated alkanes) is 1. The maximum absolute atomic E-state index is 3.30. The quantitative estimate of drug-likeness (QED) is 0.493. The van der Waals surface area contributed by atoms with Crippen LogP contribution in [0.4, 0.5) is 0 Å². The average molecular weight is 449 g/mol. The standard InChI is InChI=1S/C13H9.C9H13.2ClH.Zr/c1-3-7-12-10(5-1)9-11-6-2-4-8-13(11)12;1-2-3-6-9-7-4-5-8-9;;;/h1-5,7-8H,9H2;4,7H,2-3,5-6H2,1H3;2*1H;/q2*-1;;;+4/p-2. The third-order valence-corrected chi connectivity index (χ3v) is 4.18. The molecule has 0 nitrogen and oxygen atoms in total. The Bertz CT molecular complexity index is 661. The van der Waals surface area contributed by atoms with E-state index >= 15 is 0 Å². The second kappa shape index (κ2) is 12.7. The Morgan fingerprint density at radius 2 is 1.76 bits per heavy atom. The van der Waals surface area contributed by atoms with Gasteiger partial charge in [0.15, 0.2) is 0 Å². The number of fused-ring (bicyclic) bond motifs is 3. The SMILES string of the molecule is CCCCC1=[C-]CC=C1.[Cl-].[Cl-].[Zr+4].[c-]1cccc2c1Cc1ccccc1-2. The first kappa shape index (κ1) is 24.4. The van der Waals surface area contributed by atoms with Gasteiger partial charge in [0.25, 0.3) is 0 Å². The molecule has 25 heavy (non-hydrogen) atoms. The van der Waals surface area contributed by atoms with Gasteiger partial charge in [-0.2, -0.15) is 35.9 Å². The van der Waals surface area contributed by atoms with Crippen molar-refractivity contribution in [3.63, 3.8) is 0 Å². The molecule has 0 radical (unpaired) electrons. The van der Waals surface area contributed by atoms with Crippen molar-refractivity contribution in [2.24, 2.45) is 0 Å². The second-order valence-corrected chi connectivity index (χ2v) is 5.81. The van der Waals surface area contributed by atoms with Crippen LogP contribution in [0.3, 0.4) is 0 Å². The van der Waals surface area contributed by atoms with Gasteiger partial charge in [-0.3, -0.25) is 6.08 Å². The maximum Gasteiger partial charge on any atom is 4.00 e. The van der Waals surface area contributed by atoms with Gasteiger partial charge in [0.2, 0.25) is 0 Å². The monoisotopic (exact) mass is 446 g/mol. The minimum Gasteiger partial charge on any atom is -1.00 e. The molecule has 2 aliphatic carbocycles. The van der Waals surface area contributed by atoms with Crippen molar-refractivity contribution in [2.45, 2.75) is 39.0 Å². The van der Waals surface area contributed by atoms with Gasteiger partial charge in [-0.15, -0.1) is 12.0 Å². The third kappa shape index (κ3) is 6.56. The zero-order valence-corrected chi connectivity index (χ0v) is 18.5. The summed E-state index contributed by atoms with van der Waals surface area (Å²) < 4.78 is 0. The van der Waals surface area contributed by atoms with E-state index in [0.29, 0.717) is 0 Å². The normalized spacial score (nSPS) is 12.3. The van der Waals surface area contributed by atoms with Gasteiger partial charge in [0.05, 0.1) is 0 Å². The van der Waals surface area contributed by atoms with Gasteiger partial charge in [0, 0.05) is 0 Å². The summed E-state index contributed by atoms with van der Waals surface area (Å²) in [5, 5.41) is 0. The van der Waals surface area contributed by atoms with Crippen molar-refractivity contribution in [1.29, 1.82) is 0 Å². The Balaban J connectivity index is 0.000000435. The van der Waals surface area contributed by atoms with Crippen LogP contribution in [-0.2, 0) is 32.6 Å². The van der Waals surface area contributed by atoms with Crippen LogP contribution in [0.2, 0.25) is 0 Å². The van der Waals surface area contributed by atoms with E-state index in [4.69, 9.17) is 0 Å². The van der Waals surface area contributed by atoms with E-state index in [9.17, 15) is 0 Å². The zero-order chi connectivity index (χ0) is 15.2. The van der Waals surface area contributed by atoms with Crippen molar-refractivity contribution in [2.75, 3.05) is 0 Å². The van der Waals surface area contributed by atoms with Crippen LogP contribution in [0.5, 0.6) is 0 Å². The van der Waals surface area contributed by atoms with E-state index in [-0.39, 0.29) is 51.0 Å². The molecule has 128 valence electrons. The molecule has 0 saturated heterocycles. The van der Waals surface area contributed by atoms with E-state index < -0.39 is 0 Å². The van der Waals surface area contributed by atoms with Crippen molar-refractivity contribution < 1.29 is 51.0 Å². The number of benzene rings is 2. The minimum absolute atomic E-state index is 0. The van der Waals surface area contributed by atoms with Crippen LogP contribution in [-0.4, -0.2) is 0 Å². The Labute approximate surface area is 183 Å². The molecule has 0 amide bonds. The molecule has 0 aromatic heterocycles. The molecule has 2 aromatic rings. The maximum atomic E-state index is 3.30. The van der Waals surface area contributed by atoms with Gasteiger partial charge in [-0.05, 0) is 6.42 Å². The summed E-state index contributed by atoms with van der Waals surface area (Å²) in [6, 6.07) is 18.1. The Kier molecular flexibility index (Phi) is 12.4. The number of halogens is 2. The topological polar surface area (TPSA) is 0 Å². The van der Waals surface area contributed by atoms with Gasteiger partial charge in [0.1, 0.15) is 0 Å². The number of hydrogen-bond acceptors (Lipinski definition) is 0. The summed E-state index contributed by atoms with van der Waals surface area (Å²) in [4.78, 5) is 0. The summed E-state index contributed by atoms with van der Waals surface area (Å²) >= 11 is 0. The molecular weight excluding hydrogens is 426 g/mol. The largest absolute Gasteiger partial charge is 4.00 e. The predicted molar refractivity (Wildman–Crippen MR) is 93.6 cm³/mol. The van der Waals surface area contributed by atoms with Gasteiger partial charge in [-0.1, -0.05) is 61.6 Å². The number of hydrogen-bond donors (Lipinski definition) is 0. The summed E-state index contributed by atoms with van der Waals surface area (Å²) in [7, 11) is 0. The fourth-order valence-corrected chi connectivity index (χ4v) is 2.99. The first-order valence-corrected chi connectivity index (χ1v) is 8.22. The van der Waals surface area contributed by atoms with Gasteiger partial charge < -0.3 is 24.8 Å². The molecule has 2 aliphatic rings. The molecule has 0 saturated carbocycles. The number of allylic oxidation sites excluding steroid dienone is 4. The molecular formula is C22H22Cl2Zr. The molecule has 0 atom stereocenters. The molecule has 0 heterocycles. The predicted octanol–water partition coefficient (Wildman–Crippen LogP) is -0.0704. The fraction of sp³-hybridized carbons (Fsp3) is 0.273. The average Bonchev–Trinajstić information content (AvgIpc) is 3.21. The zero-order valence-electron chi connectivity index (χ0n) is 14.5. The molecule has 4 rings (SSSR count). The van der Waals surface area contributed by atoms with Crippen molar-refractivity contribution in [1.82, 2.24) is 0 Å². The Morgan fingerprint density at radius 1 is 1.00 bits per heavy atom. The Hall–Kier alpha value is -0.617. The van der Waals surface area contributed by atoms with Crippen LogP contribution < -0.4 is 24.8 Å². The fourth-order valence-electron chi connectivity index (χ4n) is 2.99. The van der Waals surface area contributed by atoms with Gasteiger partial charge >= 0.3 is 26.2 Å². The summed E-state index contributed by atoms with van der Waals surface area (Å²) in [6.45, 7) is 2.22. The molecule has 0 bridgehead atoms. The Morgan fingerprint density at radius 3 is 2.48 bits per heavy atom. The van der Waals surface area contributed by atoms with Crippen LogP contribution in [0, 0.1) is 12.1 Å².